The predicted octanol–water partition coefficient (Wildman–Crippen LogP) is 4.38. The van der Waals surface area contributed by atoms with Gasteiger partial charge in [0.1, 0.15) is 0 Å². The van der Waals surface area contributed by atoms with Crippen molar-refractivity contribution < 1.29 is 5.21 Å². The van der Waals surface area contributed by atoms with Crippen LogP contribution < -0.4 is 5.48 Å². The monoisotopic (exact) mass is 237 g/mol. The Labute approximate surface area is 106 Å². The van der Waals surface area contributed by atoms with Crippen LogP contribution >= 0.6 is 0 Å². The molecule has 0 aliphatic carbocycles. The lowest BCUT2D eigenvalue weighted by Gasteiger charge is -2.01. The first-order valence-corrected chi connectivity index (χ1v) is 6.38. The molecule has 0 radical (unpaired) electrons. The molecule has 0 aromatic heterocycles. The number of hydrogen-bond donors (Lipinski definition) is 2. The van der Waals surface area contributed by atoms with E-state index in [0.717, 1.165) is 25.7 Å². The van der Waals surface area contributed by atoms with Crippen molar-refractivity contribution >= 4 is 0 Å². The van der Waals surface area contributed by atoms with Crippen molar-refractivity contribution in [3.63, 3.8) is 0 Å². The molecule has 0 unspecified atom stereocenters. The third-order valence-corrected chi connectivity index (χ3v) is 2.66. The highest BCUT2D eigenvalue weighted by molar-refractivity contribution is 5.05. The van der Waals surface area contributed by atoms with Crippen molar-refractivity contribution in [2.45, 2.75) is 53.4 Å². The second kappa shape index (κ2) is 10.3. The van der Waals surface area contributed by atoms with Gasteiger partial charge in [-0.05, 0) is 53.4 Å². The van der Waals surface area contributed by atoms with Gasteiger partial charge >= 0.3 is 0 Å². The Balaban J connectivity index is 3.80. The molecule has 0 aliphatic heterocycles. The molecule has 2 N–H and O–H groups in total. The normalized spacial score (nSPS) is 12.8. The maximum Gasteiger partial charge on any atom is 0.0390 e. The fourth-order valence-corrected chi connectivity index (χ4v) is 1.56. The largest absolute Gasteiger partial charge is 0.317 e. The van der Waals surface area contributed by atoms with Crippen molar-refractivity contribution in [2.24, 2.45) is 0 Å². The van der Waals surface area contributed by atoms with E-state index in [-0.39, 0.29) is 0 Å². The van der Waals surface area contributed by atoms with Crippen LogP contribution in [0.25, 0.3) is 0 Å². The number of hydroxylamine groups is 1. The van der Waals surface area contributed by atoms with Gasteiger partial charge in [-0.2, -0.15) is 0 Å². The summed E-state index contributed by atoms with van der Waals surface area (Å²) in [5.74, 6) is 0. The van der Waals surface area contributed by atoms with E-state index in [0.29, 0.717) is 6.54 Å². The number of nitrogens with one attached hydrogen (secondary N) is 1. The van der Waals surface area contributed by atoms with Crippen molar-refractivity contribution in [3.8, 4) is 0 Å². The zero-order chi connectivity index (χ0) is 13.1. The fraction of sp³-hybridized carbons (Fsp3) is 0.600. The lowest BCUT2D eigenvalue weighted by molar-refractivity contribution is 0.179. The van der Waals surface area contributed by atoms with Gasteiger partial charge in [-0.25, -0.2) is 5.48 Å². The lowest BCUT2D eigenvalue weighted by Crippen LogP contribution is -2.05. The minimum absolute atomic E-state index is 0.537. The predicted molar refractivity (Wildman–Crippen MR) is 75.2 cm³/mol. The highest BCUT2D eigenvalue weighted by Crippen LogP contribution is 2.10. The zero-order valence-electron chi connectivity index (χ0n) is 11.7. The van der Waals surface area contributed by atoms with E-state index in [1.54, 1.807) is 0 Å². The molecule has 2 nitrogen and oxygen atoms in total. The van der Waals surface area contributed by atoms with E-state index < -0.39 is 0 Å². The van der Waals surface area contributed by atoms with Gasteiger partial charge < -0.3 is 5.21 Å². The first-order chi connectivity index (χ1) is 8.06. The first kappa shape index (κ1) is 16.1. The Bertz CT molecular complexity index is 283. The molecule has 0 atom stereocenters. The molecule has 0 saturated heterocycles. The number of hydrogen-bond acceptors (Lipinski definition) is 2. The van der Waals surface area contributed by atoms with Crippen LogP contribution in [0, 0.1) is 0 Å². The molecule has 0 amide bonds. The van der Waals surface area contributed by atoms with Crippen molar-refractivity contribution in [1.82, 2.24) is 5.48 Å². The smallest absolute Gasteiger partial charge is 0.0390 e. The van der Waals surface area contributed by atoms with Crippen LogP contribution in [0.3, 0.4) is 0 Å². The molecule has 0 spiro atoms. The Kier molecular flexibility index (Phi) is 9.78. The summed E-state index contributed by atoms with van der Waals surface area (Å²) in [5, 5.41) is 8.46. The van der Waals surface area contributed by atoms with Crippen molar-refractivity contribution in [3.05, 3.63) is 34.9 Å². The van der Waals surface area contributed by atoms with Crippen LogP contribution in [0.1, 0.15) is 53.4 Å². The third-order valence-electron chi connectivity index (χ3n) is 2.66. The second-order valence-corrected chi connectivity index (χ2v) is 4.82. The lowest BCUT2D eigenvalue weighted by atomic mass is 10.1. The quantitative estimate of drug-likeness (QED) is 0.485. The minimum atomic E-state index is 0.537. The van der Waals surface area contributed by atoms with Crippen molar-refractivity contribution in [1.29, 1.82) is 0 Å². The van der Waals surface area contributed by atoms with Gasteiger partial charge in [0.2, 0.25) is 0 Å². The molecule has 2 heteroatoms. The standard InChI is InChI=1S/C15H27NO/c1-13(2)7-5-8-14(3)9-6-10-15(4)11-12-16-17/h7,9,11,16-17H,5-6,8,10,12H2,1-4H3. The van der Waals surface area contributed by atoms with Crippen molar-refractivity contribution in [2.75, 3.05) is 6.54 Å². The van der Waals surface area contributed by atoms with Crippen LogP contribution in [0.15, 0.2) is 34.9 Å². The molecule has 17 heavy (non-hydrogen) atoms. The molecule has 0 heterocycles. The van der Waals surface area contributed by atoms with E-state index in [9.17, 15) is 0 Å². The van der Waals surface area contributed by atoms with Crippen LogP contribution in [0.2, 0.25) is 0 Å². The number of allylic oxidation sites excluding steroid dienone is 5. The van der Waals surface area contributed by atoms with E-state index in [4.69, 9.17) is 5.21 Å². The first-order valence-electron chi connectivity index (χ1n) is 6.38. The second-order valence-electron chi connectivity index (χ2n) is 4.82. The van der Waals surface area contributed by atoms with Gasteiger partial charge in [-0.1, -0.05) is 34.9 Å². The zero-order valence-corrected chi connectivity index (χ0v) is 11.7. The summed E-state index contributed by atoms with van der Waals surface area (Å²) in [6, 6.07) is 0. The SMILES string of the molecule is CC(C)=CCCC(C)=CCCC(C)=CCNO. The fourth-order valence-electron chi connectivity index (χ4n) is 1.56. The van der Waals surface area contributed by atoms with E-state index in [1.165, 1.54) is 16.7 Å². The van der Waals surface area contributed by atoms with E-state index in [1.807, 2.05) is 6.08 Å². The van der Waals surface area contributed by atoms with Gasteiger partial charge in [0.05, 0.1) is 0 Å². The highest BCUT2D eigenvalue weighted by atomic mass is 16.5. The third kappa shape index (κ3) is 11.4. The summed E-state index contributed by atoms with van der Waals surface area (Å²) >= 11 is 0. The van der Waals surface area contributed by atoms with Gasteiger partial charge in [-0.15, -0.1) is 0 Å². The van der Waals surface area contributed by atoms with Gasteiger partial charge in [0, 0.05) is 6.54 Å². The van der Waals surface area contributed by atoms with Gasteiger partial charge in [0.25, 0.3) is 0 Å². The Morgan fingerprint density at radius 3 is 1.94 bits per heavy atom. The van der Waals surface area contributed by atoms with Gasteiger partial charge in [-0.3, -0.25) is 0 Å². The summed E-state index contributed by atoms with van der Waals surface area (Å²) in [4.78, 5) is 0. The van der Waals surface area contributed by atoms with E-state index in [2.05, 4.69) is 45.3 Å². The molecule has 0 saturated carbocycles. The Morgan fingerprint density at radius 1 is 0.882 bits per heavy atom. The maximum atomic E-state index is 8.46. The van der Waals surface area contributed by atoms with Crippen LogP contribution in [0.5, 0.6) is 0 Å². The Morgan fingerprint density at radius 2 is 1.41 bits per heavy atom. The van der Waals surface area contributed by atoms with Crippen LogP contribution in [0.4, 0.5) is 0 Å². The number of rotatable bonds is 8. The molecule has 0 aromatic carbocycles. The maximum absolute atomic E-state index is 8.46. The van der Waals surface area contributed by atoms with Crippen LogP contribution in [-0.2, 0) is 0 Å². The Hall–Kier alpha value is -0.860. The molecule has 0 aromatic rings. The summed E-state index contributed by atoms with van der Waals surface area (Å²) in [7, 11) is 0. The average molecular weight is 237 g/mol. The molecule has 0 aliphatic rings. The van der Waals surface area contributed by atoms with E-state index >= 15 is 0 Å². The molecule has 98 valence electrons. The molecule has 0 bridgehead atoms. The minimum Gasteiger partial charge on any atom is -0.317 e. The highest BCUT2D eigenvalue weighted by Gasteiger charge is 1.91. The summed E-state index contributed by atoms with van der Waals surface area (Å²) in [5.41, 5.74) is 6.32. The summed E-state index contributed by atoms with van der Waals surface area (Å²) in [6.45, 7) is 9.12. The average Bonchev–Trinajstić information content (AvgIpc) is 2.25. The van der Waals surface area contributed by atoms with Gasteiger partial charge in [0.15, 0.2) is 0 Å². The molecule has 0 fully saturated rings. The topological polar surface area (TPSA) is 32.3 Å². The summed E-state index contributed by atoms with van der Waals surface area (Å²) in [6.07, 6.45) is 11.1. The molecular formula is C15H27NO. The van der Waals surface area contributed by atoms with Crippen LogP contribution in [-0.4, -0.2) is 11.8 Å². The molecular weight excluding hydrogens is 210 g/mol. The summed E-state index contributed by atoms with van der Waals surface area (Å²) < 4.78 is 0. The molecule has 0 rings (SSSR count).